The van der Waals surface area contributed by atoms with E-state index in [-0.39, 0.29) is 17.2 Å². The lowest BCUT2D eigenvalue weighted by Crippen LogP contribution is -2.29. The highest BCUT2D eigenvalue weighted by Gasteiger charge is 2.41. The van der Waals surface area contributed by atoms with Gasteiger partial charge in [-0.3, -0.25) is 0 Å². The van der Waals surface area contributed by atoms with Crippen molar-refractivity contribution in [1.29, 1.82) is 0 Å². The third kappa shape index (κ3) is 7.88. The molecular weight excluding hydrogens is 630 g/mol. The Bertz CT molecular complexity index is 1680. The maximum atomic E-state index is 14.9. The molecule has 0 aliphatic rings. The van der Waals surface area contributed by atoms with Gasteiger partial charge in [-0.05, 0) is 70.6 Å². The Morgan fingerprint density at radius 2 is 1.32 bits per heavy atom. The summed E-state index contributed by atoms with van der Waals surface area (Å²) in [6, 6.07) is 14.0. The van der Waals surface area contributed by atoms with E-state index in [2.05, 4.69) is 23.5 Å². The van der Waals surface area contributed by atoms with Gasteiger partial charge in [-0.2, -0.15) is 22.0 Å². The van der Waals surface area contributed by atoms with Crippen LogP contribution in [0.3, 0.4) is 0 Å². The molecule has 4 aromatic carbocycles. The Hall–Kier alpha value is -3.66. The van der Waals surface area contributed by atoms with Gasteiger partial charge in [0.2, 0.25) is 0 Å². The minimum absolute atomic E-state index is 0.0192. The first kappa shape index (κ1) is 33.2. The topological polar surface area (TPSA) is 18.5 Å². The van der Waals surface area contributed by atoms with Gasteiger partial charge in [0.25, 0.3) is 0 Å². The van der Waals surface area contributed by atoms with Crippen LogP contribution in [0.5, 0.6) is 11.5 Å². The Balaban J connectivity index is 1.53. The van der Waals surface area contributed by atoms with Gasteiger partial charge < -0.3 is 9.47 Å². The molecular formula is C32H24F8O2P2. The van der Waals surface area contributed by atoms with Crippen molar-refractivity contribution in [3.63, 3.8) is 0 Å². The van der Waals surface area contributed by atoms with Gasteiger partial charge in [-0.1, -0.05) is 43.4 Å². The second kappa shape index (κ2) is 13.5. The number of hydrogen-bond donors (Lipinski definition) is 0. The summed E-state index contributed by atoms with van der Waals surface area (Å²) >= 11 is 0. The quantitative estimate of drug-likeness (QED) is 0.0822. The average molecular weight is 654 g/mol. The molecule has 12 heteroatoms. The Labute approximate surface area is 253 Å². The maximum Gasteiger partial charge on any atom is 0.430 e. The van der Waals surface area contributed by atoms with E-state index in [1.165, 1.54) is 12.1 Å². The van der Waals surface area contributed by atoms with Crippen LogP contribution in [0.2, 0.25) is 0 Å². The number of ether oxygens (including phenoxy) is 2. The number of hydrogen-bond acceptors (Lipinski definition) is 2. The third-order valence-electron chi connectivity index (χ3n) is 6.30. The molecule has 4 aromatic rings. The molecule has 0 bridgehead atoms. The maximum absolute atomic E-state index is 14.9. The molecule has 44 heavy (non-hydrogen) atoms. The van der Waals surface area contributed by atoms with Gasteiger partial charge in [0.15, 0.2) is 0 Å². The van der Waals surface area contributed by atoms with Crippen molar-refractivity contribution in [3.05, 3.63) is 106 Å². The molecule has 0 aliphatic heterocycles. The molecule has 0 spiro atoms. The monoisotopic (exact) mass is 654 g/mol. The molecule has 2 atom stereocenters. The predicted octanol–water partition coefficient (Wildman–Crippen LogP) is 8.50. The highest BCUT2D eigenvalue weighted by atomic mass is 31.0. The standard InChI is InChI=1S/C32H24F8O2P2/c1-2-3-12-41-22-10-8-19(9-11-22)21-7-6-20(24(33)15-21)5-4-18-13-25(34)30(27(43)14-18)32(39,40)42-23-16-26(35)29(28(44)17-23)31(36,37)38/h6-11,13-17H,2-3,12,43-44H2,1H3. The third-order valence-corrected chi connectivity index (χ3v) is 7.21. The van der Waals surface area contributed by atoms with Gasteiger partial charge in [0.1, 0.15) is 34.5 Å². The fourth-order valence-corrected chi connectivity index (χ4v) is 5.13. The summed E-state index contributed by atoms with van der Waals surface area (Å²) in [7, 11) is 3.49. The van der Waals surface area contributed by atoms with Crippen molar-refractivity contribution >= 4 is 29.1 Å². The summed E-state index contributed by atoms with van der Waals surface area (Å²) in [6.07, 6.45) is -7.54. The van der Waals surface area contributed by atoms with Crippen molar-refractivity contribution in [3.8, 4) is 34.5 Å². The van der Waals surface area contributed by atoms with E-state index in [4.69, 9.17) is 4.74 Å². The fraction of sp³-hybridized carbons (Fsp3) is 0.188. The summed E-state index contributed by atoms with van der Waals surface area (Å²) in [5, 5.41) is -1.17. The number of benzene rings is 4. The molecule has 0 N–H and O–H groups in total. The van der Waals surface area contributed by atoms with Crippen LogP contribution < -0.4 is 20.1 Å². The second-order valence-corrected chi connectivity index (χ2v) is 10.8. The minimum Gasteiger partial charge on any atom is -0.494 e. The lowest BCUT2D eigenvalue weighted by Gasteiger charge is -2.22. The van der Waals surface area contributed by atoms with E-state index in [1.807, 2.05) is 9.24 Å². The molecule has 0 saturated heterocycles. The number of unbranched alkanes of at least 4 members (excludes halogenated alkanes) is 1. The van der Waals surface area contributed by atoms with Gasteiger partial charge in [-0.15, -0.1) is 18.5 Å². The molecule has 0 aromatic heterocycles. The molecule has 0 heterocycles. The zero-order chi connectivity index (χ0) is 32.2. The molecule has 0 fully saturated rings. The first-order valence-corrected chi connectivity index (χ1v) is 14.2. The summed E-state index contributed by atoms with van der Waals surface area (Å²) in [5.41, 5.74) is -1.67. The molecule has 2 nitrogen and oxygen atoms in total. The van der Waals surface area contributed by atoms with E-state index in [0.717, 1.165) is 24.5 Å². The van der Waals surface area contributed by atoms with Gasteiger partial charge >= 0.3 is 12.3 Å². The van der Waals surface area contributed by atoms with Crippen LogP contribution in [0.15, 0.2) is 66.7 Å². The molecule has 4 rings (SSSR count). The SMILES string of the molecule is CCCCOc1ccc(-c2ccc(C#Cc3cc(F)c(C(F)(F)Oc4cc(F)c(C(F)(F)F)c(P)c4)c(P)c3)c(F)c2)cc1. The Morgan fingerprint density at radius 3 is 1.91 bits per heavy atom. The van der Waals surface area contributed by atoms with Crippen molar-refractivity contribution in [2.45, 2.75) is 32.1 Å². The zero-order valence-corrected chi connectivity index (χ0v) is 25.3. The first-order chi connectivity index (χ1) is 20.7. The molecule has 0 saturated carbocycles. The zero-order valence-electron chi connectivity index (χ0n) is 23.0. The number of rotatable bonds is 8. The predicted molar refractivity (Wildman–Crippen MR) is 159 cm³/mol. The lowest BCUT2D eigenvalue weighted by molar-refractivity contribution is -0.186. The van der Waals surface area contributed by atoms with E-state index in [0.29, 0.717) is 30.1 Å². The Kier molecular flexibility index (Phi) is 10.2. The van der Waals surface area contributed by atoms with Crippen LogP contribution in [-0.2, 0) is 12.3 Å². The van der Waals surface area contributed by atoms with Crippen molar-refractivity contribution < 1.29 is 44.6 Å². The molecule has 0 amide bonds. The van der Waals surface area contributed by atoms with E-state index in [1.54, 1.807) is 39.6 Å². The van der Waals surface area contributed by atoms with Gasteiger partial charge in [0.05, 0.1) is 17.7 Å². The van der Waals surface area contributed by atoms with Crippen molar-refractivity contribution in [2.75, 3.05) is 6.61 Å². The molecule has 230 valence electrons. The van der Waals surface area contributed by atoms with Crippen LogP contribution in [0, 0.1) is 29.3 Å². The molecule has 0 aliphatic carbocycles. The summed E-state index contributed by atoms with van der Waals surface area (Å²) in [6.45, 7) is 2.66. The van der Waals surface area contributed by atoms with Crippen LogP contribution in [0.25, 0.3) is 11.1 Å². The number of halogens is 8. The lowest BCUT2D eigenvalue weighted by atomic mass is 10.0. The van der Waals surface area contributed by atoms with E-state index in [9.17, 15) is 35.1 Å². The van der Waals surface area contributed by atoms with Crippen LogP contribution in [0.1, 0.15) is 42.0 Å². The molecule has 0 radical (unpaired) electrons. The van der Waals surface area contributed by atoms with Crippen LogP contribution in [0.4, 0.5) is 35.1 Å². The smallest absolute Gasteiger partial charge is 0.430 e. The number of alkyl halides is 5. The van der Waals surface area contributed by atoms with Gasteiger partial charge in [-0.25, -0.2) is 13.2 Å². The van der Waals surface area contributed by atoms with Crippen LogP contribution in [-0.4, -0.2) is 6.61 Å². The van der Waals surface area contributed by atoms with Crippen LogP contribution >= 0.6 is 18.5 Å². The normalized spacial score (nSPS) is 11.6. The van der Waals surface area contributed by atoms with Crippen molar-refractivity contribution in [2.24, 2.45) is 0 Å². The van der Waals surface area contributed by atoms with Crippen molar-refractivity contribution in [1.82, 2.24) is 0 Å². The van der Waals surface area contributed by atoms with Gasteiger partial charge in [0, 0.05) is 11.6 Å². The average Bonchev–Trinajstić information content (AvgIpc) is 2.91. The highest BCUT2D eigenvalue weighted by molar-refractivity contribution is 7.27. The second-order valence-electron chi connectivity index (χ2n) is 9.58. The highest BCUT2D eigenvalue weighted by Crippen LogP contribution is 2.37. The summed E-state index contributed by atoms with van der Waals surface area (Å²) in [4.78, 5) is 0. The Morgan fingerprint density at radius 1 is 0.682 bits per heavy atom. The minimum atomic E-state index is -5.07. The van der Waals surface area contributed by atoms with E-state index >= 15 is 0 Å². The fourth-order valence-electron chi connectivity index (χ4n) is 4.18. The summed E-state index contributed by atoms with van der Waals surface area (Å²) in [5.74, 6) is 0.889. The molecule has 2 unspecified atom stereocenters. The largest absolute Gasteiger partial charge is 0.494 e. The first-order valence-electron chi connectivity index (χ1n) is 13.1. The van der Waals surface area contributed by atoms with E-state index < -0.39 is 57.2 Å². The summed E-state index contributed by atoms with van der Waals surface area (Å²) < 4.78 is 123.